The van der Waals surface area contributed by atoms with E-state index in [-0.39, 0.29) is 0 Å². The van der Waals surface area contributed by atoms with Crippen molar-refractivity contribution in [2.75, 3.05) is 6.54 Å². The van der Waals surface area contributed by atoms with Crippen LogP contribution in [-0.4, -0.2) is 17.6 Å². The molecule has 0 heterocycles. The molecule has 3 nitrogen and oxygen atoms in total. The Labute approximate surface area is 83.6 Å². The van der Waals surface area contributed by atoms with Gasteiger partial charge in [0, 0.05) is 0 Å². The summed E-state index contributed by atoms with van der Waals surface area (Å²) in [6.07, 6.45) is 0.975. The van der Waals surface area contributed by atoms with Crippen LogP contribution < -0.4 is 5.73 Å². The minimum absolute atomic E-state index is 0.320. The molecule has 0 aliphatic rings. The minimum Gasteiger partial charge on any atom is -0.478 e. The fourth-order valence-electron chi connectivity index (χ4n) is 1.44. The van der Waals surface area contributed by atoms with Gasteiger partial charge in [-0.3, -0.25) is 0 Å². The lowest BCUT2D eigenvalue weighted by Crippen LogP contribution is -2.11. The van der Waals surface area contributed by atoms with E-state index in [4.69, 9.17) is 10.8 Å². The molecule has 1 unspecified atom stereocenters. The van der Waals surface area contributed by atoms with E-state index < -0.39 is 5.97 Å². The van der Waals surface area contributed by atoms with Gasteiger partial charge in [0.1, 0.15) is 0 Å². The van der Waals surface area contributed by atoms with Crippen LogP contribution in [0.2, 0.25) is 0 Å². The molecule has 1 rings (SSSR count). The molecular weight excluding hydrogens is 178 g/mol. The third kappa shape index (κ3) is 2.33. The highest BCUT2D eigenvalue weighted by molar-refractivity contribution is 5.87. The highest BCUT2D eigenvalue weighted by Crippen LogP contribution is 2.18. The summed E-state index contributed by atoms with van der Waals surface area (Å²) in [5.74, 6) is -0.560. The molecule has 0 radical (unpaired) electrons. The van der Waals surface area contributed by atoms with Crippen LogP contribution in [-0.2, 0) is 0 Å². The normalized spacial score (nSPS) is 12.4. The Bertz CT molecular complexity index is 302. The summed E-state index contributed by atoms with van der Waals surface area (Å²) in [5, 5.41) is 8.70. The number of carboxylic acids is 1. The Hall–Kier alpha value is -1.35. The SMILES string of the molecule is CCC(CN)c1ccc(C(=O)O)cc1. The molecule has 76 valence electrons. The van der Waals surface area contributed by atoms with E-state index in [1.165, 1.54) is 0 Å². The van der Waals surface area contributed by atoms with Gasteiger partial charge in [0.25, 0.3) is 0 Å². The highest BCUT2D eigenvalue weighted by atomic mass is 16.4. The van der Waals surface area contributed by atoms with E-state index in [9.17, 15) is 4.79 Å². The van der Waals surface area contributed by atoms with Crippen LogP contribution in [0.4, 0.5) is 0 Å². The van der Waals surface area contributed by atoms with Gasteiger partial charge in [-0.05, 0) is 36.6 Å². The molecule has 3 N–H and O–H groups in total. The summed E-state index contributed by atoms with van der Waals surface area (Å²) in [7, 11) is 0. The Balaban J connectivity index is 2.87. The van der Waals surface area contributed by atoms with Crippen molar-refractivity contribution in [1.29, 1.82) is 0 Å². The van der Waals surface area contributed by atoms with Crippen LogP contribution in [0.25, 0.3) is 0 Å². The van der Waals surface area contributed by atoms with Gasteiger partial charge in [0.15, 0.2) is 0 Å². The van der Waals surface area contributed by atoms with E-state index in [0.717, 1.165) is 12.0 Å². The average molecular weight is 193 g/mol. The summed E-state index contributed by atoms with van der Waals surface area (Å²) in [6, 6.07) is 6.92. The Morgan fingerprint density at radius 2 is 2.00 bits per heavy atom. The molecule has 0 aliphatic heterocycles. The molecule has 0 saturated heterocycles. The molecule has 0 aliphatic carbocycles. The minimum atomic E-state index is -0.891. The quantitative estimate of drug-likeness (QED) is 0.766. The van der Waals surface area contributed by atoms with E-state index >= 15 is 0 Å². The molecule has 1 aromatic rings. The first-order valence-corrected chi connectivity index (χ1v) is 4.72. The monoisotopic (exact) mass is 193 g/mol. The van der Waals surface area contributed by atoms with Crippen molar-refractivity contribution < 1.29 is 9.90 Å². The van der Waals surface area contributed by atoms with E-state index in [1.807, 2.05) is 12.1 Å². The van der Waals surface area contributed by atoms with Crippen LogP contribution >= 0.6 is 0 Å². The van der Waals surface area contributed by atoms with Crippen LogP contribution in [0.5, 0.6) is 0 Å². The molecule has 1 aromatic carbocycles. The van der Waals surface area contributed by atoms with Crippen LogP contribution in [0.15, 0.2) is 24.3 Å². The van der Waals surface area contributed by atoms with Crippen LogP contribution in [0, 0.1) is 0 Å². The summed E-state index contributed by atoms with van der Waals surface area (Å²) >= 11 is 0. The maximum absolute atomic E-state index is 10.6. The number of carbonyl (C=O) groups is 1. The second kappa shape index (κ2) is 4.77. The third-order valence-electron chi connectivity index (χ3n) is 2.41. The summed E-state index contributed by atoms with van der Waals surface area (Å²) < 4.78 is 0. The van der Waals surface area contributed by atoms with Gasteiger partial charge in [-0.1, -0.05) is 19.1 Å². The summed E-state index contributed by atoms with van der Waals surface area (Å²) in [6.45, 7) is 2.67. The molecule has 1 atom stereocenters. The van der Waals surface area contributed by atoms with Crippen molar-refractivity contribution in [3.63, 3.8) is 0 Å². The van der Waals surface area contributed by atoms with Crippen molar-refractivity contribution in [2.24, 2.45) is 5.73 Å². The van der Waals surface area contributed by atoms with Gasteiger partial charge < -0.3 is 10.8 Å². The van der Waals surface area contributed by atoms with Gasteiger partial charge in [-0.15, -0.1) is 0 Å². The van der Waals surface area contributed by atoms with Gasteiger partial charge in [0.05, 0.1) is 5.56 Å². The fraction of sp³-hybridized carbons (Fsp3) is 0.364. The first-order valence-electron chi connectivity index (χ1n) is 4.72. The van der Waals surface area contributed by atoms with Gasteiger partial charge in [0.2, 0.25) is 0 Å². The molecule has 0 bridgehead atoms. The number of rotatable bonds is 4. The molecule has 0 aromatic heterocycles. The topological polar surface area (TPSA) is 63.3 Å². The molecule has 0 amide bonds. The van der Waals surface area contributed by atoms with E-state index in [0.29, 0.717) is 18.0 Å². The number of hydrogen-bond donors (Lipinski definition) is 2. The molecule has 0 saturated carbocycles. The first kappa shape index (κ1) is 10.7. The number of aromatic carboxylic acids is 1. The summed E-state index contributed by atoms with van der Waals surface area (Å²) in [4.78, 5) is 10.6. The van der Waals surface area contributed by atoms with Crippen molar-refractivity contribution in [1.82, 2.24) is 0 Å². The van der Waals surface area contributed by atoms with E-state index in [2.05, 4.69) is 6.92 Å². The number of nitrogens with two attached hydrogens (primary N) is 1. The predicted octanol–water partition coefficient (Wildman–Crippen LogP) is 1.84. The molecule has 0 spiro atoms. The maximum Gasteiger partial charge on any atom is 0.335 e. The van der Waals surface area contributed by atoms with Crippen molar-refractivity contribution in [2.45, 2.75) is 19.3 Å². The molecule has 3 heteroatoms. The zero-order valence-corrected chi connectivity index (χ0v) is 8.23. The lowest BCUT2D eigenvalue weighted by Gasteiger charge is -2.12. The molecule has 14 heavy (non-hydrogen) atoms. The van der Waals surface area contributed by atoms with E-state index in [1.54, 1.807) is 12.1 Å². The van der Waals surface area contributed by atoms with Crippen molar-refractivity contribution >= 4 is 5.97 Å². The second-order valence-electron chi connectivity index (χ2n) is 3.27. The van der Waals surface area contributed by atoms with Gasteiger partial charge in [-0.25, -0.2) is 4.79 Å². The zero-order chi connectivity index (χ0) is 10.6. The van der Waals surface area contributed by atoms with Gasteiger partial charge in [-0.2, -0.15) is 0 Å². The molecular formula is C11H15NO2. The van der Waals surface area contributed by atoms with Crippen molar-refractivity contribution in [3.8, 4) is 0 Å². The number of benzene rings is 1. The maximum atomic E-state index is 10.6. The molecule has 0 fully saturated rings. The van der Waals surface area contributed by atoms with Crippen LogP contribution in [0.1, 0.15) is 35.2 Å². The van der Waals surface area contributed by atoms with Gasteiger partial charge >= 0.3 is 5.97 Å². The smallest absolute Gasteiger partial charge is 0.335 e. The van der Waals surface area contributed by atoms with Crippen molar-refractivity contribution in [3.05, 3.63) is 35.4 Å². The summed E-state index contributed by atoms with van der Waals surface area (Å²) in [5.41, 5.74) is 7.03. The highest BCUT2D eigenvalue weighted by Gasteiger charge is 2.08. The number of hydrogen-bond acceptors (Lipinski definition) is 2. The standard InChI is InChI=1S/C11H15NO2/c1-2-8(7-12)9-3-5-10(6-4-9)11(13)14/h3-6,8H,2,7,12H2,1H3,(H,13,14). The first-order chi connectivity index (χ1) is 6.69. The fourth-order valence-corrected chi connectivity index (χ4v) is 1.44. The zero-order valence-electron chi connectivity index (χ0n) is 8.23. The lowest BCUT2D eigenvalue weighted by molar-refractivity contribution is 0.0697. The predicted molar refractivity (Wildman–Crippen MR) is 55.5 cm³/mol. The Morgan fingerprint density at radius 1 is 1.43 bits per heavy atom. The number of carboxylic acid groups (broad SMARTS) is 1. The average Bonchev–Trinajstić information content (AvgIpc) is 2.20. The second-order valence-corrected chi connectivity index (χ2v) is 3.27. The Kier molecular flexibility index (Phi) is 3.65. The largest absolute Gasteiger partial charge is 0.478 e. The Morgan fingerprint density at radius 3 is 2.36 bits per heavy atom. The lowest BCUT2D eigenvalue weighted by atomic mass is 9.96. The third-order valence-corrected chi connectivity index (χ3v) is 2.41. The van der Waals surface area contributed by atoms with Crippen LogP contribution in [0.3, 0.4) is 0 Å².